The minimum Gasteiger partial charge on any atom is -0.329 e. The van der Waals surface area contributed by atoms with Gasteiger partial charge in [-0.25, -0.2) is 0 Å². The first-order chi connectivity index (χ1) is 5.65. The number of rotatable bonds is 6. The third-order valence-corrected chi connectivity index (χ3v) is 2.49. The van der Waals surface area contributed by atoms with E-state index in [4.69, 9.17) is 5.73 Å². The summed E-state index contributed by atoms with van der Waals surface area (Å²) in [5.74, 6) is 0.635. The highest BCUT2D eigenvalue weighted by molar-refractivity contribution is 4.75. The van der Waals surface area contributed by atoms with Crippen molar-refractivity contribution in [3.05, 3.63) is 0 Å². The lowest BCUT2D eigenvalue weighted by Crippen LogP contribution is -2.45. The third-order valence-electron chi connectivity index (χ3n) is 2.49. The van der Waals surface area contributed by atoms with Crippen molar-refractivity contribution in [1.82, 2.24) is 5.32 Å². The summed E-state index contributed by atoms with van der Waals surface area (Å²) < 4.78 is 0. The van der Waals surface area contributed by atoms with Gasteiger partial charge in [-0.15, -0.1) is 0 Å². The molecule has 0 saturated carbocycles. The van der Waals surface area contributed by atoms with Crippen LogP contribution >= 0.6 is 0 Å². The first-order valence-corrected chi connectivity index (χ1v) is 5.11. The second kappa shape index (κ2) is 6.44. The molecule has 0 saturated heterocycles. The van der Waals surface area contributed by atoms with Crippen molar-refractivity contribution in [2.24, 2.45) is 11.7 Å². The fraction of sp³-hybridized carbons (Fsp3) is 1.00. The van der Waals surface area contributed by atoms with Gasteiger partial charge in [-0.1, -0.05) is 27.7 Å². The molecule has 0 aromatic carbocycles. The molecule has 0 spiro atoms. The van der Waals surface area contributed by atoms with Crippen molar-refractivity contribution >= 4 is 0 Å². The van der Waals surface area contributed by atoms with Gasteiger partial charge in [0.2, 0.25) is 0 Å². The fourth-order valence-corrected chi connectivity index (χ4v) is 1.36. The van der Waals surface area contributed by atoms with Gasteiger partial charge in [0.1, 0.15) is 0 Å². The summed E-state index contributed by atoms with van der Waals surface area (Å²) in [6.45, 7) is 9.61. The molecule has 0 aromatic heterocycles. The van der Waals surface area contributed by atoms with Crippen LogP contribution in [-0.2, 0) is 0 Å². The molecule has 3 N–H and O–H groups in total. The summed E-state index contributed by atoms with van der Waals surface area (Å²) in [5, 5.41) is 3.58. The van der Waals surface area contributed by atoms with E-state index in [9.17, 15) is 0 Å². The summed E-state index contributed by atoms with van der Waals surface area (Å²) >= 11 is 0. The van der Waals surface area contributed by atoms with Crippen molar-refractivity contribution < 1.29 is 0 Å². The predicted molar refractivity (Wildman–Crippen MR) is 55.2 cm³/mol. The molecule has 1 unspecified atom stereocenters. The summed E-state index contributed by atoms with van der Waals surface area (Å²) in [6.07, 6.45) is 2.39. The number of hydrogen-bond donors (Lipinski definition) is 2. The van der Waals surface area contributed by atoms with E-state index >= 15 is 0 Å². The Kier molecular flexibility index (Phi) is 6.39. The van der Waals surface area contributed by atoms with Crippen molar-refractivity contribution in [3.8, 4) is 0 Å². The van der Waals surface area contributed by atoms with E-state index in [0.717, 1.165) is 6.54 Å². The normalized spacial score (nSPS) is 14.2. The second-order valence-corrected chi connectivity index (χ2v) is 3.77. The Hall–Kier alpha value is -0.0800. The van der Waals surface area contributed by atoms with Gasteiger partial charge in [-0.3, -0.25) is 0 Å². The van der Waals surface area contributed by atoms with Crippen molar-refractivity contribution in [2.75, 3.05) is 6.54 Å². The number of nitrogens with one attached hydrogen (secondary N) is 1. The van der Waals surface area contributed by atoms with Gasteiger partial charge in [-0.2, -0.15) is 0 Å². The Bertz CT molecular complexity index is 98.0. The predicted octanol–water partition coefficient (Wildman–Crippen LogP) is 1.75. The molecule has 2 heteroatoms. The largest absolute Gasteiger partial charge is 0.329 e. The van der Waals surface area contributed by atoms with E-state index in [1.165, 1.54) is 12.8 Å². The fourth-order valence-electron chi connectivity index (χ4n) is 1.36. The van der Waals surface area contributed by atoms with Gasteiger partial charge in [0.05, 0.1) is 0 Å². The molecule has 0 aliphatic carbocycles. The minimum atomic E-state index is 0.481. The second-order valence-electron chi connectivity index (χ2n) is 3.77. The van der Waals surface area contributed by atoms with Gasteiger partial charge in [0, 0.05) is 18.6 Å². The molecule has 0 amide bonds. The molecule has 74 valence electrons. The molecule has 0 aliphatic heterocycles. The maximum atomic E-state index is 5.67. The Morgan fingerprint density at radius 1 is 1.17 bits per heavy atom. The summed E-state index contributed by atoms with van der Waals surface area (Å²) in [4.78, 5) is 0. The van der Waals surface area contributed by atoms with Crippen LogP contribution in [0.4, 0.5) is 0 Å². The third kappa shape index (κ3) is 4.07. The van der Waals surface area contributed by atoms with Crippen LogP contribution in [0.25, 0.3) is 0 Å². The Morgan fingerprint density at radius 2 is 1.67 bits per heavy atom. The maximum absolute atomic E-state index is 5.67. The van der Waals surface area contributed by atoms with Crippen LogP contribution in [-0.4, -0.2) is 18.6 Å². The highest BCUT2D eigenvalue weighted by Crippen LogP contribution is 2.04. The quantitative estimate of drug-likeness (QED) is 0.640. The van der Waals surface area contributed by atoms with Crippen molar-refractivity contribution in [2.45, 2.75) is 52.6 Å². The molecule has 0 radical (unpaired) electrons. The molecule has 0 bridgehead atoms. The van der Waals surface area contributed by atoms with Gasteiger partial charge >= 0.3 is 0 Å². The van der Waals surface area contributed by atoms with E-state index in [2.05, 4.69) is 33.0 Å². The highest BCUT2D eigenvalue weighted by atomic mass is 15.0. The molecular formula is C10H24N2. The van der Waals surface area contributed by atoms with Gasteiger partial charge in [0.25, 0.3) is 0 Å². The monoisotopic (exact) mass is 172 g/mol. The molecule has 0 aromatic rings. The first-order valence-electron chi connectivity index (χ1n) is 5.11. The van der Waals surface area contributed by atoms with E-state index in [1.807, 2.05) is 0 Å². The Morgan fingerprint density at radius 3 is 1.92 bits per heavy atom. The average Bonchev–Trinajstić information content (AvgIpc) is 2.06. The SMILES string of the molecule is CCC(CC)NC(CN)C(C)C. The molecule has 0 aliphatic rings. The zero-order chi connectivity index (χ0) is 9.56. The maximum Gasteiger partial charge on any atom is 0.0215 e. The minimum absolute atomic E-state index is 0.481. The van der Waals surface area contributed by atoms with Crippen LogP contribution in [0.2, 0.25) is 0 Å². The molecule has 2 nitrogen and oxygen atoms in total. The van der Waals surface area contributed by atoms with Crippen molar-refractivity contribution in [3.63, 3.8) is 0 Å². The van der Waals surface area contributed by atoms with Crippen LogP contribution in [0.1, 0.15) is 40.5 Å². The van der Waals surface area contributed by atoms with Crippen LogP contribution in [0, 0.1) is 5.92 Å². The summed E-state index contributed by atoms with van der Waals surface area (Å²) in [7, 11) is 0. The summed E-state index contributed by atoms with van der Waals surface area (Å²) in [5.41, 5.74) is 5.67. The average molecular weight is 172 g/mol. The number of hydrogen-bond acceptors (Lipinski definition) is 2. The van der Waals surface area contributed by atoms with Gasteiger partial charge < -0.3 is 11.1 Å². The molecular weight excluding hydrogens is 148 g/mol. The summed E-state index contributed by atoms with van der Waals surface area (Å²) in [6, 6.07) is 1.12. The molecule has 12 heavy (non-hydrogen) atoms. The smallest absolute Gasteiger partial charge is 0.0215 e. The lowest BCUT2D eigenvalue weighted by molar-refractivity contribution is 0.345. The Balaban J connectivity index is 3.82. The van der Waals surface area contributed by atoms with Crippen molar-refractivity contribution in [1.29, 1.82) is 0 Å². The van der Waals surface area contributed by atoms with E-state index in [-0.39, 0.29) is 0 Å². The molecule has 0 heterocycles. The highest BCUT2D eigenvalue weighted by Gasteiger charge is 2.13. The molecule has 0 rings (SSSR count). The van der Waals surface area contributed by atoms with Crippen LogP contribution in [0.15, 0.2) is 0 Å². The van der Waals surface area contributed by atoms with E-state index < -0.39 is 0 Å². The van der Waals surface area contributed by atoms with E-state index in [1.54, 1.807) is 0 Å². The standard InChI is InChI=1S/C10H24N2/c1-5-9(6-2)12-10(7-11)8(3)4/h8-10,12H,5-7,11H2,1-4H3. The molecule has 0 fully saturated rings. The van der Waals surface area contributed by atoms with Crippen LogP contribution in [0.5, 0.6) is 0 Å². The van der Waals surface area contributed by atoms with Crippen LogP contribution < -0.4 is 11.1 Å². The van der Waals surface area contributed by atoms with E-state index in [0.29, 0.717) is 18.0 Å². The zero-order valence-electron chi connectivity index (χ0n) is 8.93. The topological polar surface area (TPSA) is 38.0 Å². The van der Waals surface area contributed by atoms with Gasteiger partial charge in [0.15, 0.2) is 0 Å². The van der Waals surface area contributed by atoms with Gasteiger partial charge in [-0.05, 0) is 18.8 Å². The lowest BCUT2D eigenvalue weighted by Gasteiger charge is -2.26. The number of nitrogens with two attached hydrogens (primary N) is 1. The van der Waals surface area contributed by atoms with Crippen LogP contribution in [0.3, 0.4) is 0 Å². The Labute approximate surface area is 76.9 Å². The zero-order valence-corrected chi connectivity index (χ0v) is 8.93. The first kappa shape index (κ1) is 11.9. The lowest BCUT2D eigenvalue weighted by atomic mass is 10.0. The molecule has 1 atom stereocenters.